The molecule has 1 aromatic heterocycles. The van der Waals surface area contributed by atoms with Crippen LogP contribution in [0.2, 0.25) is 0 Å². The number of hydrogen-bond acceptors (Lipinski definition) is 4. The third-order valence-corrected chi connectivity index (χ3v) is 7.15. The zero-order valence-corrected chi connectivity index (χ0v) is 18.7. The van der Waals surface area contributed by atoms with Crippen LogP contribution < -0.4 is 4.90 Å². The molecule has 4 aromatic rings. The van der Waals surface area contributed by atoms with Crippen molar-refractivity contribution in [3.05, 3.63) is 71.3 Å². The number of benzene rings is 3. The number of rotatable bonds is 5. The normalized spacial score (nSPS) is 16.3. The van der Waals surface area contributed by atoms with Crippen LogP contribution in [-0.2, 0) is 16.0 Å². The third kappa shape index (κ3) is 4.21. The van der Waals surface area contributed by atoms with E-state index in [1.54, 1.807) is 11.3 Å². The second-order valence-corrected chi connectivity index (χ2v) is 9.40. The average Bonchev–Trinajstić information content (AvgIpc) is 3.41. The van der Waals surface area contributed by atoms with Crippen LogP contribution in [-0.4, -0.2) is 30.1 Å². The predicted octanol–water partition coefficient (Wildman–Crippen LogP) is 5.82. The van der Waals surface area contributed by atoms with Gasteiger partial charge < -0.3 is 4.74 Å². The fourth-order valence-corrected chi connectivity index (χ4v) is 5.42. The van der Waals surface area contributed by atoms with E-state index in [1.807, 2.05) is 17.0 Å². The number of ether oxygens (including phenoxy) is 1. The summed E-state index contributed by atoms with van der Waals surface area (Å²) in [6.07, 6.45) is 2.47. The smallest absolute Gasteiger partial charge is 0.233 e. The Hall–Kier alpha value is -2.76. The van der Waals surface area contributed by atoms with Gasteiger partial charge in [-0.25, -0.2) is 4.98 Å². The largest absolute Gasteiger partial charge is 0.376 e. The number of anilines is 1. The van der Waals surface area contributed by atoms with Gasteiger partial charge in [0.15, 0.2) is 5.13 Å². The van der Waals surface area contributed by atoms with E-state index < -0.39 is 0 Å². The zero-order chi connectivity index (χ0) is 21.4. The molecule has 1 aliphatic heterocycles. The van der Waals surface area contributed by atoms with Crippen LogP contribution in [0, 0.1) is 13.8 Å². The van der Waals surface area contributed by atoms with E-state index in [0.717, 1.165) is 45.7 Å². The Bertz CT molecular complexity index is 1260. The fraction of sp³-hybridized carbons (Fsp3) is 0.308. The summed E-state index contributed by atoms with van der Waals surface area (Å²) in [7, 11) is 0. The molecule has 4 nitrogen and oxygen atoms in total. The van der Waals surface area contributed by atoms with Crippen LogP contribution in [0.5, 0.6) is 0 Å². The van der Waals surface area contributed by atoms with Crippen molar-refractivity contribution in [1.82, 2.24) is 4.98 Å². The van der Waals surface area contributed by atoms with Crippen molar-refractivity contribution in [2.24, 2.45) is 0 Å². The number of carbonyl (C=O) groups is 1. The molecule has 2 heterocycles. The Balaban J connectivity index is 1.47. The molecular weight excluding hydrogens is 404 g/mol. The maximum absolute atomic E-state index is 13.5. The molecule has 31 heavy (non-hydrogen) atoms. The Morgan fingerprint density at radius 3 is 2.77 bits per heavy atom. The molecule has 1 saturated heterocycles. The third-order valence-electron chi connectivity index (χ3n) is 5.92. The van der Waals surface area contributed by atoms with Crippen LogP contribution in [0.1, 0.15) is 29.5 Å². The van der Waals surface area contributed by atoms with E-state index in [2.05, 4.69) is 56.3 Å². The molecule has 0 bridgehead atoms. The van der Waals surface area contributed by atoms with Gasteiger partial charge in [-0.15, -0.1) is 0 Å². The lowest BCUT2D eigenvalue weighted by atomic mass is 10.0. The van der Waals surface area contributed by atoms with Crippen LogP contribution in [0.3, 0.4) is 0 Å². The predicted molar refractivity (Wildman–Crippen MR) is 128 cm³/mol. The summed E-state index contributed by atoms with van der Waals surface area (Å²) in [6, 6.07) is 18.8. The van der Waals surface area contributed by atoms with Crippen molar-refractivity contribution in [3.63, 3.8) is 0 Å². The summed E-state index contributed by atoms with van der Waals surface area (Å²) >= 11 is 1.60. The molecule has 3 aromatic carbocycles. The van der Waals surface area contributed by atoms with Crippen LogP contribution in [0.15, 0.2) is 54.6 Å². The molecule has 1 aliphatic rings. The Kier molecular flexibility index (Phi) is 5.47. The van der Waals surface area contributed by atoms with Crippen molar-refractivity contribution in [3.8, 4) is 0 Å². The molecular formula is C26H26N2O2S. The molecule has 0 spiro atoms. The van der Waals surface area contributed by atoms with Crippen molar-refractivity contribution >= 4 is 43.4 Å². The van der Waals surface area contributed by atoms with Crippen molar-refractivity contribution in [2.45, 2.75) is 39.2 Å². The molecule has 0 N–H and O–H groups in total. The first-order valence-electron chi connectivity index (χ1n) is 10.8. The summed E-state index contributed by atoms with van der Waals surface area (Å²) < 4.78 is 7.01. The van der Waals surface area contributed by atoms with Gasteiger partial charge in [-0.2, -0.15) is 0 Å². The highest BCUT2D eigenvalue weighted by Crippen LogP contribution is 2.33. The van der Waals surface area contributed by atoms with Gasteiger partial charge >= 0.3 is 0 Å². The topological polar surface area (TPSA) is 42.4 Å². The van der Waals surface area contributed by atoms with Crippen LogP contribution in [0.25, 0.3) is 21.0 Å². The summed E-state index contributed by atoms with van der Waals surface area (Å²) in [5.74, 6) is 0.0687. The monoisotopic (exact) mass is 430 g/mol. The number of thiazole rings is 1. The standard InChI is InChI=1S/C26H26N2O2S/c1-17-12-18(2)25-23(13-17)27-26(31-25)28(16-22-8-5-11-30-22)24(29)15-19-9-10-20-6-3-4-7-21(20)14-19/h3-4,6-7,9-10,12-14,22H,5,8,11,15-16H2,1-2H3. The van der Waals surface area contributed by atoms with Crippen molar-refractivity contribution in [2.75, 3.05) is 18.1 Å². The first kappa shape index (κ1) is 20.2. The van der Waals surface area contributed by atoms with Gasteiger partial charge in [0, 0.05) is 6.61 Å². The lowest BCUT2D eigenvalue weighted by Crippen LogP contribution is -2.38. The molecule has 0 aliphatic carbocycles. The number of amides is 1. The molecule has 0 saturated carbocycles. The lowest BCUT2D eigenvalue weighted by Gasteiger charge is -2.23. The Labute approximate surface area is 186 Å². The van der Waals surface area contributed by atoms with E-state index in [0.29, 0.717) is 13.0 Å². The highest BCUT2D eigenvalue weighted by atomic mass is 32.1. The highest BCUT2D eigenvalue weighted by molar-refractivity contribution is 7.22. The van der Waals surface area contributed by atoms with Gasteiger partial charge in [0.1, 0.15) is 0 Å². The van der Waals surface area contributed by atoms with Gasteiger partial charge in [-0.1, -0.05) is 59.9 Å². The zero-order valence-electron chi connectivity index (χ0n) is 17.9. The second kappa shape index (κ2) is 8.40. The number of nitrogens with zero attached hydrogens (tertiary/aromatic N) is 2. The van der Waals surface area contributed by atoms with Crippen molar-refractivity contribution in [1.29, 1.82) is 0 Å². The Morgan fingerprint density at radius 1 is 1.13 bits per heavy atom. The van der Waals surface area contributed by atoms with Gasteiger partial charge in [0.05, 0.1) is 29.3 Å². The second-order valence-electron chi connectivity index (χ2n) is 8.42. The molecule has 1 fully saturated rings. The van der Waals surface area contributed by atoms with Crippen LogP contribution >= 0.6 is 11.3 Å². The first-order chi connectivity index (χ1) is 15.1. The minimum atomic E-state index is 0.0687. The maximum atomic E-state index is 13.5. The van der Waals surface area contributed by atoms with Gasteiger partial charge in [0.25, 0.3) is 0 Å². The average molecular weight is 431 g/mol. The molecule has 5 heteroatoms. The van der Waals surface area contributed by atoms with Gasteiger partial charge in [-0.3, -0.25) is 9.69 Å². The number of aryl methyl sites for hydroxylation is 2. The number of carbonyl (C=O) groups excluding carboxylic acids is 1. The Morgan fingerprint density at radius 2 is 1.97 bits per heavy atom. The van der Waals surface area contributed by atoms with E-state index in [1.165, 1.54) is 16.5 Å². The number of aromatic nitrogens is 1. The highest BCUT2D eigenvalue weighted by Gasteiger charge is 2.26. The van der Waals surface area contributed by atoms with E-state index in [-0.39, 0.29) is 12.0 Å². The van der Waals surface area contributed by atoms with E-state index in [9.17, 15) is 4.79 Å². The summed E-state index contributed by atoms with van der Waals surface area (Å²) in [6.45, 7) is 5.53. The maximum Gasteiger partial charge on any atom is 0.233 e. The molecule has 158 valence electrons. The molecule has 1 unspecified atom stereocenters. The van der Waals surface area contributed by atoms with Crippen LogP contribution in [0.4, 0.5) is 5.13 Å². The first-order valence-corrected chi connectivity index (χ1v) is 11.7. The molecule has 0 radical (unpaired) electrons. The summed E-state index contributed by atoms with van der Waals surface area (Å²) in [4.78, 5) is 20.2. The SMILES string of the molecule is Cc1cc(C)c2sc(N(CC3CCCO3)C(=O)Cc3ccc4ccccc4c3)nc2c1. The van der Waals surface area contributed by atoms with Crippen molar-refractivity contribution < 1.29 is 9.53 Å². The molecule has 1 atom stereocenters. The fourth-order valence-electron chi connectivity index (χ4n) is 4.38. The quantitative estimate of drug-likeness (QED) is 0.401. The summed E-state index contributed by atoms with van der Waals surface area (Å²) in [5, 5.41) is 3.11. The molecule has 5 rings (SSSR count). The van der Waals surface area contributed by atoms with Gasteiger partial charge in [0.2, 0.25) is 5.91 Å². The van der Waals surface area contributed by atoms with Gasteiger partial charge in [-0.05, 0) is 60.2 Å². The number of fused-ring (bicyclic) bond motifs is 2. The lowest BCUT2D eigenvalue weighted by molar-refractivity contribution is -0.118. The van der Waals surface area contributed by atoms with E-state index in [4.69, 9.17) is 9.72 Å². The van der Waals surface area contributed by atoms with E-state index >= 15 is 0 Å². The number of hydrogen-bond donors (Lipinski definition) is 0. The minimum Gasteiger partial charge on any atom is -0.376 e. The summed E-state index contributed by atoms with van der Waals surface area (Å²) in [5.41, 5.74) is 4.38. The molecule has 1 amide bonds. The minimum absolute atomic E-state index is 0.0687.